The Morgan fingerprint density at radius 2 is 1.76 bits per heavy atom. The molecule has 2 aliphatic rings. The van der Waals surface area contributed by atoms with Gasteiger partial charge in [-0.1, -0.05) is 0 Å². The molecular formula is C14H25NO2. The lowest BCUT2D eigenvalue weighted by Crippen LogP contribution is -2.48. The summed E-state index contributed by atoms with van der Waals surface area (Å²) in [6, 6.07) is -0.00407. The molecule has 1 aliphatic heterocycles. The molecule has 0 bridgehead atoms. The first-order valence-corrected chi connectivity index (χ1v) is 6.96. The van der Waals surface area contributed by atoms with Crippen LogP contribution in [0, 0.1) is 0 Å². The predicted octanol–water partition coefficient (Wildman–Crippen LogP) is 2.74. The van der Waals surface area contributed by atoms with Gasteiger partial charge >= 0.3 is 5.97 Å². The highest BCUT2D eigenvalue weighted by atomic mass is 16.5. The van der Waals surface area contributed by atoms with Crippen LogP contribution < -0.4 is 0 Å². The third kappa shape index (κ3) is 3.01. The van der Waals surface area contributed by atoms with Gasteiger partial charge in [-0.15, -0.1) is 0 Å². The van der Waals surface area contributed by atoms with Crippen molar-refractivity contribution < 1.29 is 9.53 Å². The molecule has 98 valence electrons. The number of hydrogen-bond acceptors (Lipinski definition) is 3. The van der Waals surface area contributed by atoms with Gasteiger partial charge in [-0.2, -0.15) is 0 Å². The molecule has 2 fully saturated rings. The summed E-state index contributed by atoms with van der Waals surface area (Å²) in [5.74, 6) is 0.0179. The van der Waals surface area contributed by atoms with E-state index in [9.17, 15) is 4.79 Å². The molecule has 0 spiro atoms. The summed E-state index contributed by atoms with van der Waals surface area (Å²) < 4.78 is 5.64. The Morgan fingerprint density at radius 3 is 2.35 bits per heavy atom. The molecule has 0 N–H and O–H groups in total. The van der Waals surface area contributed by atoms with Crippen LogP contribution in [0.5, 0.6) is 0 Å². The zero-order chi connectivity index (χ0) is 12.5. The number of rotatable bonds is 2. The van der Waals surface area contributed by atoms with E-state index in [0.717, 1.165) is 32.2 Å². The van der Waals surface area contributed by atoms with E-state index < -0.39 is 0 Å². The van der Waals surface area contributed by atoms with Crippen LogP contribution in [0.4, 0.5) is 0 Å². The minimum atomic E-state index is -0.00407. The molecule has 3 nitrogen and oxygen atoms in total. The van der Waals surface area contributed by atoms with E-state index in [1.165, 1.54) is 12.8 Å². The fourth-order valence-corrected chi connectivity index (χ4v) is 3.06. The first kappa shape index (κ1) is 12.9. The normalized spacial score (nSPS) is 27.6. The second-order valence-corrected chi connectivity index (χ2v) is 6.37. The standard InChI is InChI=1S/C14H25NO2/c1-14(2,3)15-10-6-9-12(15)13(16)17-11-7-4-5-8-11/h11-12H,4-10H2,1-3H3/t12-/m0/s1. The average molecular weight is 239 g/mol. The maximum Gasteiger partial charge on any atom is 0.323 e. The number of likely N-dealkylation sites (tertiary alicyclic amines) is 1. The van der Waals surface area contributed by atoms with Crippen molar-refractivity contribution >= 4 is 5.97 Å². The van der Waals surface area contributed by atoms with Crippen LogP contribution in [-0.2, 0) is 9.53 Å². The van der Waals surface area contributed by atoms with Crippen LogP contribution in [0.25, 0.3) is 0 Å². The number of ether oxygens (including phenoxy) is 1. The lowest BCUT2D eigenvalue weighted by atomic mass is 10.0. The van der Waals surface area contributed by atoms with E-state index in [-0.39, 0.29) is 23.7 Å². The lowest BCUT2D eigenvalue weighted by Gasteiger charge is -2.36. The largest absolute Gasteiger partial charge is 0.461 e. The molecule has 1 atom stereocenters. The van der Waals surface area contributed by atoms with E-state index in [4.69, 9.17) is 4.74 Å². The van der Waals surface area contributed by atoms with E-state index in [0.29, 0.717) is 0 Å². The summed E-state index contributed by atoms with van der Waals surface area (Å²) >= 11 is 0. The molecule has 3 heteroatoms. The molecule has 0 aromatic carbocycles. The number of nitrogens with zero attached hydrogens (tertiary/aromatic N) is 1. The number of carbonyl (C=O) groups is 1. The molecule has 0 radical (unpaired) electrons. The van der Waals surface area contributed by atoms with Gasteiger partial charge in [0.15, 0.2) is 0 Å². The fraction of sp³-hybridized carbons (Fsp3) is 0.929. The highest BCUT2D eigenvalue weighted by molar-refractivity contribution is 5.76. The van der Waals surface area contributed by atoms with Gasteiger partial charge < -0.3 is 4.74 Å². The van der Waals surface area contributed by atoms with Gasteiger partial charge in [0.1, 0.15) is 12.1 Å². The first-order valence-electron chi connectivity index (χ1n) is 6.96. The summed E-state index contributed by atoms with van der Waals surface area (Å²) in [5, 5.41) is 0. The number of esters is 1. The van der Waals surface area contributed by atoms with E-state index in [2.05, 4.69) is 25.7 Å². The first-order chi connectivity index (χ1) is 7.98. The Labute approximate surface area is 105 Å². The van der Waals surface area contributed by atoms with Gasteiger partial charge in [0.2, 0.25) is 0 Å². The van der Waals surface area contributed by atoms with Gasteiger partial charge in [-0.05, 0) is 65.8 Å². The van der Waals surface area contributed by atoms with Gasteiger partial charge in [0.05, 0.1) is 0 Å². The third-order valence-electron chi connectivity index (χ3n) is 3.97. The number of hydrogen-bond donors (Lipinski definition) is 0. The van der Waals surface area contributed by atoms with Gasteiger partial charge in [-0.25, -0.2) is 0 Å². The second kappa shape index (κ2) is 4.97. The Bertz CT molecular complexity index is 276. The molecule has 1 saturated carbocycles. The van der Waals surface area contributed by atoms with Crippen molar-refractivity contribution in [1.29, 1.82) is 0 Å². The average Bonchev–Trinajstić information content (AvgIpc) is 2.85. The van der Waals surface area contributed by atoms with Crippen molar-refractivity contribution in [3.63, 3.8) is 0 Å². The van der Waals surface area contributed by atoms with E-state index in [1.54, 1.807) is 0 Å². The van der Waals surface area contributed by atoms with Crippen molar-refractivity contribution in [2.24, 2.45) is 0 Å². The molecule has 0 amide bonds. The Morgan fingerprint density at radius 1 is 1.12 bits per heavy atom. The minimum absolute atomic E-state index is 0.00407. The Hall–Kier alpha value is -0.570. The molecule has 0 aromatic rings. The molecule has 1 aliphatic carbocycles. The van der Waals surface area contributed by atoms with E-state index in [1.807, 2.05) is 0 Å². The molecule has 1 saturated heterocycles. The minimum Gasteiger partial charge on any atom is -0.461 e. The van der Waals surface area contributed by atoms with Crippen molar-refractivity contribution in [3.8, 4) is 0 Å². The third-order valence-corrected chi connectivity index (χ3v) is 3.97. The summed E-state index contributed by atoms with van der Waals surface area (Å²) in [5.41, 5.74) is 0.0653. The Kier molecular flexibility index (Phi) is 3.76. The maximum absolute atomic E-state index is 12.2. The van der Waals surface area contributed by atoms with Crippen LogP contribution in [0.15, 0.2) is 0 Å². The monoisotopic (exact) mass is 239 g/mol. The van der Waals surface area contributed by atoms with Crippen LogP contribution in [0.1, 0.15) is 59.3 Å². The number of carbonyl (C=O) groups excluding carboxylic acids is 1. The van der Waals surface area contributed by atoms with Crippen LogP contribution in [-0.4, -0.2) is 35.1 Å². The van der Waals surface area contributed by atoms with Crippen molar-refractivity contribution in [2.75, 3.05) is 6.54 Å². The van der Waals surface area contributed by atoms with Crippen LogP contribution >= 0.6 is 0 Å². The van der Waals surface area contributed by atoms with Crippen LogP contribution in [0.2, 0.25) is 0 Å². The molecule has 1 heterocycles. The van der Waals surface area contributed by atoms with Crippen LogP contribution in [0.3, 0.4) is 0 Å². The second-order valence-electron chi connectivity index (χ2n) is 6.37. The SMILES string of the molecule is CC(C)(C)N1CCC[C@H]1C(=O)OC1CCCC1. The summed E-state index contributed by atoms with van der Waals surface area (Å²) in [6.45, 7) is 7.55. The van der Waals surface area contributed by atoms with Crippen molar-refractivity contribution in [2.45, 2.75) is 77.0 Å². The maximum atomic E-state index is 12.2. The smallest absolute Gasteiger partial charge is 0.323 e. The van der Waals surface area contributed by atoms with Gasteiger partial charge in [0.25, 0.3) is 0 Å². The lowest BCUT2D eigenvalue weighted by molar-refractivity contribution is -0.156. The predicted molar refractivity (Wildman–Crippen MR) is 67.8 cm³/mol. The van der Waals surface area contributed by atoms with E-state index >= 15 is 0 Å². The molecule has 2 rings (SSSR count). The quantitative estimate of drug-likeness (QED) is 0.694. The molecule has 0 unspecified atom stereocenters. The van der Waals surface area contributed by atoms with Crippen molar-refractivity contribution in [1.82, 2.24) is 4.90 Å². The Balaban J connectivity index is 1.93. The molecular weight excluding hydrogens is 214 g/mol. The summed E-state index contributed by atoms with van der Waals surface area (Å²) in [4.78, 5) is 14.5. The van der Waals surface area contributed by atoms with Gasteiger partial charge in [0, 0.05) is 5.54 Å². The summed E-state index contributed by atoms with van der Waals surface area (Å²) in [7, 11) is 0. The topological polar surface area (TPSA) is 29.5 Å². The zero-order valence-corrected chi connectivity index (χ0v) is 11.4. The highest BCUT2D eigenvalue weighted by Crippen LogP contribution is 2.29. The van der Waals surface area contributed by atoms with Gasteiger partial charge in [-0.3, -0.25) is 9.69 Å². The fourth-order valence-electron chi connectivity index (χ4n) is 3.06. The van der Waals surface area contributed by atoms with Crippen molar-refractivity contribution in [3.05, 3.63) is 0 Å². The molecule has 17 heavy (non-hydrogen) atoms. The zero-order valence-electron chi connectivity index (χ0n) is 11.4. The summed E-state index contributed by atoms with van der Waals surface area (Å²) in [6.07, 6.45) is 6.83. The highest BCUT2D eigenvalue weighted by Gasteiger charge is 2.39. The molecule has 0 aromatic heterocycles.